The normalized spacial score (nSPS) is 13.2. The molecule has 1 unspecified atom stereocenters. The van der Waals surface area contributed by atoms with E-state index in [9.17, 15) is 0 Å². The van der Waals surface area contributed by atoms with Gasteiger partial charge in [-0.25, -0.2) is 0 Å². The monoisotopic (exact) mass is 262 g/mol. The van der Waals surface area contributed by atoms with Gasteiger partial charge in [0.15, 0.2) is 0 Å². The molecule has 0 N–H and O–H groups in total. The molecule has 3 heteroatoms. The van der Waals surface area contributed by atoms with E-state index in [1.165, 1.54) is 0 Å². The molecule has 0 aliphatic carbocycles. The Kier molecular flexibility index (Phi) is 4.13. The molecule has 0 heterocycles. The Balaban J connectivity index is 2.91. The van der Waals surface area contributed by atoms with Crippen LogP contribution in [0.4, 0.5) is 0 Å². The van der Waals surface area contributed by atoms with E-state index >= 15 is 0 Å². The summed E-state index contributed by atoms with van der Waals surface area (Å²) in [4.78, 5) is 3.47. The van der Waals surface area contributed by atoms with Crippen molar-refractivity contribution in [3.05, 3.63) is 54.4 Å². The molecule has 0 fully saturated rings. The van der Waals surface area contributed by atoms with Gasteiger partial charge in [-0.15, -0.1) is 0 Å². The Labute approximate surface area is 96.2 Å². The van der Waals surface area contributed by atoms with Crippen molar-refractivity contribution in [2.45, 2.75) is 10.9 Å². The van der Waals surface area contributed by atoms with Crippen LogP contribution in [-0.4, -0.2) is 19.4 Å². The van der Waals surface area contributed by atoms with E-state index in [0.717, 1.165) is 4.46 Å². The van der Waals surface area contributed by atoms with Gasteiger partial charge in [0.2, 0.25) is 0 Å². The van der Waals surface area contributed by atoms with E-state index < -0.39 is 4.44 Å². The third kappa shape index (κ3) is 2.96. The molecule has 0 aromatic heterocycles. The molecule has 74 valence electrons. The molecular weight excluding hydrogens is 251 g/mol. The minimum absolute atomic E-state index is 0.154. The van der Waals surface area contributed by atoms with Crippen molar-refractivity contribution in [3.63, 3.8) is 0 Å². The first-order chi connectivity index (χ1) is 7.26. The summed E-state index contributed by atoms with van der Waals surface area (Å²) in [6, 6.07) is 11.8. The Morgan fingerprint density at radius 2 is 2.20 bits per heavy atom. The number of rotatable bonds is 4. The zero-order chi connectivity index (χ0) is 11.1. The van der Waals surface area contributed by atoms with Crippen molar-refractivity contribution in [2.24, 2.45) is 0 Å². The predicted octanol–water partition coefficient (Wildman–Crippen LogP) is 1.73. The van der Waals surface area contributed by atoms with Gasteiger partial charge in [-0.05, 0) is 0 Å². The van der Waals surface area contributed by atoms with E-state index in [-0.39, 0.29) is 15.0 Å². The Hall–Kier alpha value is -1.54. The summed E-state index contributed by atoms with van der Waals surface area (Å²) >= 11 is -0.154. The molecule has 1 rings (SSSR count). The average molecular weight is 261 g/mol. The fourth-order valence-corrected chi connectivity index (χ4v) is 3.13. The van der Waals surface area contributed by atoms with Gasteiger partial charge in [0.1, 0.15) is 0 Å². The van der Waals surface area contributed by atoms with Crippen LogP contribution < -0.4 is 4.46 Å². The van der Waals surface area contributed by atoms with Gasteiger partial charge < -0.3 is 0 Å². The van der Waals surface area contributed by atoms with Gasteiger partial charge in [-0.2, -0.15) is 0 Å². The maximum absolute atomic E-state index is 9.07. The second kappa shape index (κ2) is 5.37. The van der Waals surface area contributed by atoms with E-state index in [1.807, 2.05) is 30.3 Å². The molecule has 15 heavy (non-hydrogen) atoms. The molecule has 0 saturated carbocycles. The van der Waals surface area contributed by atoms with Crippen molar-refractivity contribution >= 4 is 19.4 Å². The first-order valence-electron chi connectivity index (χ1n) is 4.41. The van der Waals surface area contributed by atoms with Gasteiger partial charge in [0.25, 0.3) is 0 Å². The van der Waals surface area contributed by atoms with Crippen molar-refractivity contribution in [1.29, 1.82) is 5.26 Å². The summed E-state index contributed by atoms with van der Waals surface area (Å²) in [5.74, 6) is 0. The van der Waals surface area contributed by atoms with Crippen molar-refractivity contribution in [3.8, 4) is 6.07 Å². The van der Waals surface area contributed by atoms with E-state index in [1.54, 1.807) is 6.08 Å². The zero-order valence-corrected chi connectivity index (χ0v) is 9.89. The first-order valence-corrected chi connectivity index (χ1v) is 6.12. The van der Waals surface area contributed by atoms with Crippen molar-refractivity contribution in [2.75, 3.05) is 0 Å². The minimum atomic E-state index is -0.921. The van der Waals surface area contributed by atoms with Crippen LogP contribution >= 0.6 is 0 Å². The van der Waals surface area contributed by atoms with Crippen molar-refractivity contribution < 1.29 is 0 Å². The number of nitrogens with zero attached hydrogens (tertiary/aromatic N) is 2. The standard InChI is InChI=1S/C12H10N2Se/c1-3-9-12(10-13,14-2)15-11-7-5-4-6-8-11/h3-8H,1,9H2. The van der Waals surface area contributed by atoms with Crippen LogP contribution in [0.1, 0.15) is 6.42 Å². The first kappa shape index (κ1) is 11.5. The summed E-state index contributed by atoms with van der Waals surface area (Å²) in [5, 5.41) is 9.07. The zero-order valence-electron chi connectivity index (χ0n) is 8.18. The average Bonchev–Trinajstić information content (AvgIpc) is 2.30. The van der Waals surface area contributed by atoms with Crippen molar-refractivity contribution in [1.82, 2.24) is 0 Å². The predicted molar refractivity (Wildman–Crippen MR) is 61.6 cm³/mol. The van der Waals surface area contributed by atoms with Crippen LogP contribution in [-0.2, 0) is 0 Å². The SMILES string of the molecule is [C-]#[N+]C(C#N)(CC=C)[Se]c1ccccc1. The van der Waals surface area contributed by atoms with Gasteiger partial charge in [0.05, 0.1) is 0 Å². The third-order valence-electron chi connectivity index (χ3n) is 1.81. The van der Waals surface area contributed by atoms with Gasteiger partial charge >= 0.3 is 96.0 Å². The number of hydrogen-bond donors (Lipinski definition) is 0. The van der Waals surface area contributed by atoms with E-state index in [0.29, 0.717) is 6.42 Å². The van der Waals surface area contributed by atoms with Gasteiger partial charge in [0, 0.05) is 0 Å². The summed E-state index contributed by atoms with van der Waals surface area (Å²) < 4.78 is 0.153. The molecule has 2 nitrogen and oxygen atoms in total. The summed E-state index contributed by atoms with van der Waals surface area (Å²) in [7, 11) is 0. The molecule has 1 aromatic rings. The fraction of sp³-hybridized carbons (Fsp3) is 0.167. The number of nitriles is 1. The molecule has 0 saturated heterocycles. The molecule has 0 spiro atoms. The summed E-state index contributed by atoms with van der Waals surface area (Å²) in [6.45, 7) is 10.7. The molecule has 1 aromatic carbocycles. The van der Waals surface area contributed by atoms with E-state index in [2.05, 4.69) is 17.5 Å². The van der Waals surface area contributed by atoms with Crippen LogP contribution in [0.3, 0.4) is 0 Å². The summed E-state index contributed by atoms with van der Waals surface area (Å²) in [5.41, 5.74) is 0. The third-order valence-corrected chi connectivity index (χ3v) is 4.31. The molecule has 0 bridgehead atoms. The number of hydrogen-bond acceptors (Lipinski definition) is 1. The summed E-state index contributed by atoms with van der Waals surface area (Å²) in [6.07, 6.45) is 2.08. The Morgan fingerprint density at radius 1 is 1.53 bits per heavy atom. The van der Waals surface area contributed by atoms with Crippen LogP contribution in [0.15, 0.2) is 43.0 Å². The fourth-order valence-electron chi connectivity index (χ4n) is 1.08. The Morgan fingerprint density at radius 3 is 2.67 bits per heavy atom. The van der Waals surface area contributed by atoms with Crippen LogP contribution in [0.25, 0.3) is 4.85 Å². The van der Waals surface area contributed by atoms with Crippen LogP contribution in [0.5, 0.6) is 0 Å². The van der Waals surface area contributed by atoms with Gasteiger partial charge in [-0.1, -0.05) is 0 Å². The van der Waals surface area contributed by atoms with E-state index in [4.69, 9.17) is 11.8 Å². The second-order valence-corrected chi connectivity index (χ2v) is 5.75. The molecule has 0 radical (unpaired) electrons. The van der Waals surface area contributed by atoms with Gasteiger partial charge in [-0.3, -0.25) is 0 Å². The second-order valence-electron chi connectivity index (χ2n) is 2.92. The Bertz CT molecular complexity index is 397. The molecular formula is C12H10N2Se. The molecule has 0 aliphatic heterocycles. The van der Waals surface area contributed by atoms with Crippen LogP contribution in [0, 0.1) is 17.9 Å². The van der Waals surface area contributed by atoms with Crippen LogP contribution in [0.2, 0.25) is 0 Å². The quantitative estimate of drug-likeness (QED) is 0.461. The maximum atomic E-state index is 9.07. The molecule has 0 amide bonds. The molecule has 0 aliphatic rings. The molecule has 1 atom stereocenters. The topological polar surface area (TPSA) is 28.1 Å². The number of benzene rings is 1.